The van der Waals surface area contributed by atoms with Crippen molar-refractivity contribution in [3.63, 3.8) is 0 Å². The standard InChI is InChI=1S/C5H12N2.ClH/c1-4-5(6)7(2)3;/h4-5H,1,6H2,2-3H3;1H. The second kappa shape index (κ2) is 5.09. The minimum atomic E-state index is -0.000000000000000444. The number of halogens is 1. The number of hydrogen-bond acceptors (Lipinski definition) is 2. The summed E-state index contributed by atoms with van der Waals surface area (Å²) >= 11 is 0. The zero-order valence-corrected chi connectivity index (χ0v) is 6.11. The summed E-state index contributed by atoms with van der Waals surface area (Å²) in [6.45, 7) is 3.52. The van der Waals surface area contributed by atoms with E-state index < -0.39 is 0 Å². The average molecular weight is 137 g/mol. The summed E-state index contributed by atoms with van der Waals surface area (Å²) in [5, 5.41) is 0. The van der Waals surface area contributed by atoms with Gasteiger partial charge in [-0.1, -0.05) is 6.08 Å². The van der Waals surface area contributed by atoms with Crippen LogP contribution in [0.4, 0.5) is 0 Å². The minimum Gasteiger partial charge on any atom is -0.312 e. The molecule has 0 fully saturated rings. The number of hydrogen-bond donors (Lipinski definition) is 1. The molecule has 1 unspecified atom stereocenters. The van der Waals surface area contributed by atoms with Crippen LogP contribution in [-0.4, -0.2) is 25.2 Å². The van der Waals surface area contributed by atoms with E-state index in [9.17, 15) is 0 Å². The van der Waals surface area contributed by atoms with Gasteiger partial charge in [-0.15, -0.1) is 19.0 Å². The first-order valence-corrected chi connectivity index (χ1v) is 2.23. The molecule has 0 saturated carbocycles. The van der Waals surface area contributed by atoms with Crippen molar-refractivity contribution in [1.29, 1.82) is 0 Å². The van der Waals surface area contributed by atoms with Crippen LogP contribution in [0.3, 0.4) is 0 Å². The summed E-state index contributed by atoms with van der Waals surface area (Å²) < 4.78 is 0. The lowest BCUT2D eigenvalue weighted by atomic mass is 10.5. The molecule has 0 saturated heterocycles. The molecule has 1 atom stereocenters. The second-order valence-corrected chi connectivity index (χ2v) is 1.69. The Morgan fingerprint density at radius 2 is 2.00 bits per heavy atom. The highest BCUT2D eigenvalue weighted by atomic mass is 35.5. The Kier molecular flexibility index (Phi) is 6.91. The summed E-state index contributed by atoms with van der Waals surface area (Å²) in [5.41, 5.74) is 5.42. The Hall–Kier alpha value is -0.0500. The van der Waals surface area contributed by atoms with Crippen molar-refractivity contribution in [2.75, 3.05) is 14.1 Å². The first-order valence-electron chi connectivity index (χ1n) is 2.23. The van der Waals surface area contributed by atoms with Crippen LogP contribution < -0.4 is 5.73 Å². The van der Waals surface area contributed by atoms with Gasteiger partial charge in [-0.3, -0.25) is 4.90 Å². The van der Waals surface area contributed by atoms with Gasteiger partial charge in [0, 0.05) is 0 Å². The Balaban J connectivity index is 0. The van der Waals surface area contributed by atoms with Gasteiger partial charge < -0.3 is 5.73 Å². The zero-order valence-electron chi connectivity index (χ0n) is 5.29. The largest absolute Gasteiger partial charge is 0.312 e. The molecule has 0 aromatic heterocycles. The second-order valence-electron chi connectivity index (χ2n) is 1.69. The van der Waals surface area contributed by atoms with Gasteiger partial charge in [0.1, 0.15) is 0 Å². The third-order valence-electron chi connectivity index (χ3n) is 0.838. The van der Waals surface area contributed by atoms with E-state index in [0.29, 0.717) is 0 Å². The fourth-order valence-electron chi connectivity index (χ4n) is 0.211. The van der Waals surface area contributed by atoms with Gasteiger partial charge in [-0.25, -0.2) is 0 Å². The van der Waals surface area contributed by atoms with Crippen LogP contribution in [0.15, 0.2) is 12.7 Å². The monoisotopic (exact) mass is 136 g/mol. The molecule has 0 spiro atoms. The summed E-state index contributed by atoms with van der Waals surface area (Å²) in [7, 11) is 3.82. The maximum absolute atomic E-state index is 5.42. The van der Waals surface area contributed by atoms with Gasteiger partial charge in [0.15, 0.2) is 0 Å². The molecule has 0 heterocycles. The van der Waals surface area contributed by atoms with Crippen LogP contribution in [0.2, 0.25) is 0 Å². The van der Waals surface area contributed by atoms with Crippen molar-refractivity contribution in [2.24, 2.45) is 5.73 Å². The molecule has 0 aliphatic rings. The van der Waals surface area contributed by atoms with Gasteiger partial charge in [0.25, 0.3) is 0 Å². The fourth-order valence-corrected chi connectivity index (χ4v) is 0.211. The molecule has 0 amide bonds. The Bertz CT molecular complexity index is 63.4. The summed E-state index contributed by atoms with van der Waals surface area (Å²) in [6.07, 6.45) is 1.69. The molecule has 0 aromatic rings. The molecule has 0 aliphatic heterocycles. The van der Waals surface area contributed by atoms with E-state index in [1.807, 2.05) is 19.0 Å². The van der Waals surface area contributed by atoms with Crippen LogP contribution in [0.25, 0.3) is 0 Å². The number of nitrogens with two attached hydrogens (primary N) is 1. The molecule has 3 heteroatoms. The van der Waals surface area contributed by atoms with E-state index in [1.54, 1.807) is 6.08 Å². The van der Waals surface area contributed by atoms with Crippen molar-refractivity contribution >= 4 is 12.4 Å². The molecule has 0 bridgehead atoms. The summed E-state index contributed by atoms with van der Waals surface area (Å²) in [4.78, 5) is 1.88. The molecule has 50 valence electrons. The molecule has 0 aromatic carbocycles. The quantitative estimate of drug-likeness (QED) is 0.441. The molecule has 8 heavy (non-hydrogen) atoms. The van der Waals surface area contributed by atoms with E-state index in [-0.39, 0.29) is 18.6 Å². The Morgan fingerprint density at radius 3 is 2.00 bits per heavy atom. The van der Waals surface area contributed by atoms with Crippen LogP contribution in [0.1, 0.15) is 0 Å². The van der Waals surface area contributed by atoms with Gasteiger partial charge in [-0.2, -0.15) is 0 Å². The lowest BCUT2D eigenvalue weighted by Crippen LogP contribution is -2.33. The topological polar surface area (TPSA) is 29.3 Å². The predicted molar refractivity (Wildman–Crippen MR) is 39.1 cm³/mol. The molecular weight excluding hydrogens is 124 g/mol. The van der Waals surface area contributed by atoms with Crippen LogP contribution in [0, 0.1) is 0 Å². The average Bonchev–Trinajstić information content (AvgIpc) is 1.65. The molecule has 2 N–H and O–H groups in total. The number of likely N-dealkylation sites (N-methyl/N-ethyl adjacent to an activating group) is 1. The zero-order chi connectivity index (χ0) is 5.86. The maximum Gasteiger partial charge on any atom is 0.0756 e. The van der Waals surface area contributed by atoms with Crippen molar-refractivity contribution in [1.82, 2.24) is 4.90 Å². The Labute approximate surface area is 56.8 Å². The normalized spacial score (nSPS) is 12.5. The predicted octanol–water partition coefficient (Wildman–Crippen LogP) is 0.441. The minimum absolute atomic E-state index is 0. The summed E-state index contributed by atoms with van der Waals surface area (Å²) in [6, 6.07) is 0. The van der Waals surface area contributed by atoms with E-state index in [0.717, 1.165) is 0 Å². The van der Waals surface area contributed by atoms with E-state index >= 15 is 0 Å². The fraction of sp³-hybridized carbons (Fsp3) is 0.600. The number of nitrogens with zero attached hydrogens (tertiary/aromatic N) is 1. The van der Waals surface area contributed by atoms with E-state index in [4.69, 9.17) is 5.73 Å². The molecule has 0 radical (unpaired) electrons. The highest BCUT2D eigenvalue weighted by molar-refractivity contribution is 5.85. The molecule has 0 rings (SSSR count). The van der Waals surface area contributed by atoms with E-state index in [1.165, 1.54) is 0 Å². The van der Waals surface area contributed by atoms with Crippen molar-refractivity contribution in [3.05, 3.63) is 12.7 Å². The highest BCUT2D eigenvalue weighted by Gasteiger charge is 1.93. The van der Waals surface area contributed by atoms with E-state index in [2.05, 4.69) is 6.58 Å². The lowest BCUT2D eigenvalue weighted by Gasteiger charge is -2.13. The first kappa shape index (κ1) is 10.8. The highest BCUT2D eigenvalue weighted by Crippen LogP contribution is 1.80. The van der Waals surface area contributed by atoms with Crippen LogP contribution >= 0.6 is 12.4 Å². The lowest BCUT2D eigenvalue weighted by molar-refractivity contribution is 0.351. The smallest absolute Gasteiger partial charge is 0.0756 e. The third kappa shape index (κ3) is 4.12. The van der Waals surface area contributed by atoms with Crippen LogP contribution in [-0.2, 0) is 0 Å². The number of rotatable bonds is 2. The SMILES string of the molecule is C=CC(N)N(C)C.Cl. The third-order valence-corrected chi connectivity index (χ3v) is 0.838. The molecular formula is C5H13ClN2. The van der Waals surface area contributed by atoms with Gasteiger partial charge in [-0.05, 0) is 14.1 Å². The Morgan fingerprint density at radius 1 is 1.62 bits per heavy atom. The van der Waals surface area contributed by atoms with Crippen molar-refractivity contribution in [2.45, 2.75) is 6.17 Å². The van der Waals surface area contributed by atoms with Gasteiger partial charge in [0.2, 0.25) is 0 Å². The maximum atomic E-state index is 5.42. The molecule has 2 nitrogen and oxygen atoms in total. The van der Waals surface area contributed by atoms with Crippen molar-refractivity contribution in [3.8, 4) is 0 Å². The van der Waals surface area contributed by atoms with Gasteiger partial charge >= 0.3 is 0 Å². The van der Waals surface area contributed by atoms with Crippen molar-refractivity contribution < 1.29 is 0 Å². The van der Waals surface area contributed by atoms with Gasteiger partial charge in [0.05, 0.1) is 6.17 Å². The molecule has 0 aliphatic carbocycles. The van der Waals surface area contributed by atoms with Crippen LogP contribution in [0.5, 0.6) is 0 Å². The summed E-state index contributed by atoms with van der Waals surface area (Å²) in [5.74, 6) is 0. The first-order chi connectivity index (χ1) is 3.18.